The second-order valence-electron chi connectivity index (χ2n) is 5.62. The number of nitrogens with one attached hydrogen (secondary N) is 1. The minimum absolute atomic E-state index is 0.0834. The third-order valence-electron chi connectivity index (χ3n) is 3.62. The molecule has 0 bridgehead atoms. The second kappa shape index (κ2) is 8.15. The smallest absolute Gasteiger partial charge is 0.258 e. The number of aromatic nitrogens is 2. The number of amides is 1. The molecule has 2 aromatic carbocycles. The van der Waals surface area contributed by atoms with Crippen LogP contribution >= 0.6 is 0 Å². The van der Waals surface area contributed by atoms with Gasteiger partial charge in [-0.15, -0.1) is 0 Å². The van der Waals surface area contributed by atoms with Gasteiger partial charge in [-0.05, 0) is 31.2 Å². The highest BCUT2D eigenvalue weighted by Crippen LogP contribution is 2.21. The molecule has 134 valence electrons. The van der Waals surface area contributed by atoms with Gasteiger partial charge in [0.05, 0.1) is 13.7 Å². The zero-order valence-corrected chi connectivity index (χ0v) is 14.6. The topological polar surface area (TPSA) is 86.5 Å². The third-order valence-corrected chi connectivity index (χ3v) is 3.62. The summed E-state index contributed by atoms with van der Waals surface area (Å²) in [5.74, 6) is 1.82. The second-order valence-corrected chi connectivity index (χ2v) is 5.62. The van der Waals surface area contributed by atoms with Gasteiger partial charge >= 0.3 is 0 Å². The van der Waals surface area contributed by atoms with Crippen LogP contribution in [0.2, 0.25) is 0 Å². The van der Waals surface area contributed by atoms with Crippen LogP contribution in [0.25, 0.3) is 11.4 Å². The van der Waals surface area contributed by atoms with Crippen LogP contribution in [-0.4, -0.2) is 29.8 Å². The van der Waals surface area contributed by atoms with Crippen LogP contribution in [0, 0.1) is 6.92 Å². The van der Waals surface area contributed by atoms with Crippen LogP contribution < -0.4 is 14.8 Å². The van der Waals surface area contributed by atoms with E-state index in [1.54, 1.807) is 7.11 Å². The molecule has 1 heterocycles. The van der Waals surface area contributed by atoms with Gasteiger partial charge < -0.3 is 19.3 Å². The average Bonchev–Trinajstić information content (AvgIpc) is 3.15. The summed E-state index contributed by atoms with van der Waals surface area (Å²) in [6.07, 6.45) is 0. The number of carbonyl (C=O) groups is 1. The molecule has 0 atom stereocenters. The summed E-state index contributed by atoms with van der Waals surface area (Å²) in [5.41, 5.74) is 1.90. The van der Waals surface area contributed by atoms with E-state index in [1.165, 1.54) is 0 Å². The molecule has 0 spiro atoms. The Hall–Kier alpha value is -3.35. The maximum atomic E-state index is 11.9. The first kappa shape index (κ1) is 17.5. The molecule has 3 aromatic rings. The molecule has 1 N–H and O–H groups in total. The average molecular weight is 353 g/mol. The summed E-state index contributed by atoms with van der Waals surface area (Å²) in [6, 6.07) is 14.8. The Kier molecular flexibility index (Phi) is 5.48. The van der Waals surface area contributed by atoms with E-state index in [2.05, 4.69) is 15.5 Å². The Labute approximate surface area is 150 Å². The van der Waals surface area contributed by atoms with Gasteiger partial charge in [0, 0.05) is 5.56 Å². The van der Waals surface area contributed by atoms with Crippen molar-refractivity contribution in [3.63, 3.8) is 0 Å². The maximum absolute atomic E-state index is 11.9. The van der Waals surface area contributed by atoms with Crippen molar-refractivity contribution in [2.75, 3.05) is 13.7 Å². The van der Waals surface area contributed by atoms with Gasteiger partial charge in [0.2, 0.25) is 11.7 Å². The van der Waals surface area contributed by atoms with Gasteiger partial charge in [-0.25, -0.2) is 0 Å². The van der Waals surface area contributed by atoms with E-state index >= 15 is 0 Å². The van der Waals surface area contributed by atoms with E-state index in [1.807, 2.05) is 55.5 Å². The number of benzene rings is 2. The number of ether oxygens (including phenoxy) is 2. The number of methoxy groups -OCH3 is 1. The fourth-order valence-corrected chi connectivity index (χ4v) is 2.21. The molecular formula is C19H19N3O4. The largest absolute Gasteiger partial charge is 0.497 e. The molecule has 0 saturated heterocycles. The molecule has 7 nitrogen and oxygen atoms in total. The van der Waals surface area contributed by atoms with E-state index < -0.39 is 0 Å². The first-order valence-electron chi connectivity index (χ1n) is 8.07. The Morgan fingerprint density at radius 2 is 1.96 bits per heavy atom. The van der Waals surface area contributed by atoms with E-state index in [-0.39, 0.29) is 19.1 Å². The molecular weight excluding hydrogens is 334 g/mol. The Morgan fingerprint density at radius 1 is 1.15 bits per heavy atom. The van der Waals surface area contributed by atoms with Crippen molar-refractivity contribution in [1.82, 2.24) is 15.5 Å². The lowest BCUT2D eigenvalue weighted by Crippen LogP contribution is -2.28. The van der Waals surface area contributed by atoms with Crippen molar-refractivity contribution in [2.45, 2.75) is 13.5 Å². The van der Waals surface area contributed by atoms with E-state index in [9.17, 15) is 4.79 Å². The summed E-state index contributed by atoms with van der Waals surface area (Å²) in [6.45, 7) is 2.04. The molecule has 0 saturated carbocycles. The molecule has 0 radical (unpaired) electrons. The Balaban J connectivity index is 1.51. The van der Waals surface area contributed by atoms with Crippen molar-refractivity contribution in [3.8, 4) is 22.9 Å². The van der Waals surface area contributed by atoms with E-state index in [0.717, 1.165) is 11.1 Å². The third kappa shape index (κ3) is 4.60. The first-order chi connectivity index (χ1) is 12.6. The number of nitrogens with zero attached hydrogens (tertiary/aromatic N) is 2. The fourth-order valence-electron chi connectivity index (χ4n) is 2.21. The van der Waals surface area contributed by atoms with Crippen molar-refractivity contribution < 1.29 is 18.8 Å². The summed E-state index contributed by atoms with van der Waals surface area (Å²) in [7, 11) is 1.59. The minimum Gasteiger partial charge on any atom is -0.497 e. The normalized spacial score (nSPS) is 10.4. The number of carbonyl (C=O) groups excluding carboxylic acids is 1. The molecule has 0 aliphatic rings. The Morgan fingerprint density at radius 3 is 2.73 bits per heavy atom. The summed E-state index contributed by atoms with van der Waals surface area (Å²) >= 11 is 0. The highest BCUT2D eigenvalue weighted by molar-refractivity contribution is 5.77. The number of hydrogen-bond donors (Lipinski definition) is 1. The summed E-state index contributed by atoms with van der Waals surface area (Å²) in [5, 5.41) is 6.60. The van der Waals surface area contributed by atoms with Crippen molar-refractivity contribution in [3.05, 3.63) is 60.0 Å². The van der Waals surface area contributed by atoms with Crippen LogP contribution in [0.15, 0.2) is 53.1 Å². The lowest BCUT2D eigenvalue weighted by molar-refractivity contribution is -0.123. The van der Waals surface area contributed by atoms with E-state index in [4.69, 9.17) is 14.0 Å². The highest BCUT2D eigenvalue weighted by Gasteiger charge is 2.11. The van der Waals surface area contributed by atoms with E-state index in [0.29, 0.717) is 23.2 Å². The zero-order chi connectivity index (χ0) is 18.4. The number of aryl methyl sites for hydroxylation is 1. The first-order valence-corrected chi connectivity index (χ1v) is 8.07. The SMILES string of the molecule is COc1cccc(-c2noc(CNC(=O)COc3ccc(C)cc3)n2)c1. The number of hydrogen-bond acceptors (Lipinski definition) is 6. The lowest BCUT2D eigenvalue weighted by atomic mass is 10.2. The fraction of sp³-hybridized carbons (Fsp3) is 0.211. The predicted molar refractivity (Wildman–Crippen MR) is 94.8 cm³/mol. The standard InChI is InChI=1S/C19H19N3O4/c1-13-6-8-15(9-7-13)25-12-17(23)20-11-18-21-19(22-26-18)14-4-3-5-16(10-14)24-2/h3-10H,11-12H2,1-2H3,(H,20,23). The molecule has 1 amide bonds. The van der Waals surface area contributed by atoms with Crippen molar-refractivity contribution in [2.24, 2.45) is 0 Å². The van der Waals surface area contributed by atoms with Crippen LogP contribution in [0.5, 0.6) is 11.5 Å². The van der Waals surface area contributed by atoms with Gasteiger partial charge in [-0.3, -0.25) is 4.79 Å². The minimum atomic E-state index is -0.272. The number of rotatable bonds is 7. The quantitative estimate of drug-likeness (QED) is 0.703. The molecule has 0 fully saturated rings. The molecule has 0 unspecified atom stereocenters. The van der Waals surface area contributed by atoms with Crippen molar-refractivity contribution in [1.29, 1.82) is 0 Å². The van der Waals surface area contributed by atoms with Gasteiger partial charge in [0.15, 0.2) is 6.61 Å². The van der Waals surface area contributed by atoms with Gasteiger partial charge in [0.1, 0.15) is 11.5 Å². The molecule has 1 aromatic heterocycles. The molecule has 0 aliphatic carbocycles. The van der Waals surface area contributed by atoms with Gasteiger partial charge in [0.25, 0.3) is 5.91 Å². The summed E-state index contributed by atoms with van der Waals surface area (Å²) in [4.78, 5) is 16.1. The van der Waals surface area contributed by atoms with Crippen LogP contribution in [0.4, 0.5) is 0 Å². The molecule has 7 heteroatoms. The Bertz CT molecular complexity index is 875. The monoisotopic (exact) mass is 353 g/mol. The summed E-state index contributed by atoms with van der Waals surface area (Å²) < 4.78 is 15.8. The zero-order valence-electron chi connectivity index (χ0n) is 14.6. The molecule has 3 rings (SSSR count). The van der Waals surface area contributed by atoms with Crippen molar-refractivity contribution >= 4 is 5.91 Å². The van der Waals surface area contributed by atoms with Gasteiger partial charge in [-0.1, -0.05) is 35.0 Å². The van der Waals surface area contributed by atoms with Crippen LogP contribution in [-0.2, 0) is 11.3 Å². The highest BCUT2D eigenvalue weighted by atomic mass is 16.5. The molecule has 0 aliphatic heterocycles. The lowest BCUT2D eigenvalue weighted by Gasteiger charge is -2.06. The predicted octanol–water partition coefficient (Wildman–Crippen LogP) is 2.75. The maximum Gasteiger partial charge on any atom is 0.258 e. The van der Waals surface area contributed by atoms with Gasteiger partial charge in [-0.2, -0.15) is 4.98 Å². The van der Waals surface area contributed by atoms with Crippen LogP contribution in [0.1, 0.15) is 11.5 Å². The molecule has 26 heavy (non-hydrogen) atoms. The van der Waals surface area contributed by atoms with Crippen LogP contribution in [0.3, 0.4) is 0 Å².